The quantitative estimate of drug-likeness (QED) is 0.826. The molecule has 4 heteroatoms. The first-order valence-corrected chi connectivity index (χ1v) is 5.39. The summed E-state index contributed by atoms with van der Waals surface area (Å²) in [5.41, 5.74) is 6.22. The Morgan fingerprint density at radius 3 is 2.71 bits per heavy atom. The number of aryl methyl sites for hydroxylation is 2. The van der Waals surface area contributed by atoms with Crippen LogP contribution >= 0.6 is 11.3 Å². The molecule has 1 amide bonds. The van der Waals surface area contributed by atoms with Crippen LogP contribution in [0, 0.1) is 26.2 Å². The maximum Gasteiger partial charge on any atom is 0.220 e. The fourth-order valence-electron chi connectivity index (χ4n) is 0.979. The van der Waals surface area contributed by atoms with Gasteiger partial charge in [-0.1, -0.05) is 6.92 Å². The summed E-state index contributed by atoms with van der Waals surface area (Å²) in [6.45, 7) is 5.86. The minimum atomic E-state index is -0.258. The van der Waals surface area contributed by atoms with Gasteiger partial charge in [-0.05, 0) is 20.3 Å². The van der Waals surface area contributed by atoms with Gasteiger partial charge in [0.15, 0.2) is 0 Å². The number of primary amides is 1. The first-order chi connectivity index (χ1) is 6.50. The number of nitrogens with zero attached hydrogens (tertiary/aromatic N) is 1. The molecule has 0 saturated carbocycles. The molecule has 0 aliphatic carbocycles. The highest BCUT2D eigenvalue weighted by Gasteiger charge is 2.11. The molecule has 0 fully saturated rings. The number of hydrogen-bond acceptors (Lipinski definition) is 3. The molecule has 1 heterocycles. The van der Waals surface area contributed by atoms with E-state index in [2.05, 4.69) is 4.98 Å². The molecule has 1 rings (SSSR count). The molecule has 0 saturated heterocycles. The number of nitrogens with two attached hydrogens (primary N) is 1. The van der Waals surface area contributed by atoms with Crippen LogP contribution in [0.4, 0.5) is 0 Å². The van der Waals surface area contributed by atoms with Crippen molar-refractivity contribution in [3.63, 3.8) is 0 Å². The van der Waals surface area contributed by atoms with Crippen LogP contribution in [0.2, 0.25) is 0 Å². The van der Waals surface area contributed by atoms with Crippen molar-refractivity contribution in [3.05, 3.63) is 22.0 Å². The summed E-state index contributed by atoms with van der Waals surface area (Å²) in [6, 6.07) is 0. The zero-order chi connectivity index (χ0) is 10.7. The third-order valence-corrected chi connectivity index (χ3v) is 3.25. The Kier molecular flexibility index (Phi) is 3.63. The zero-order valence-electron chi connectivity index (χ0n) is 8.70. The number of carbonyl (C=O) groups excluding carboxylic acids is 1. The maximum absolute atomic E-state index is 10.8. The Morgan fingerprint density at radius 1 is 1.64 bits per heavy atom. The van der Waals surface area contributed by atoms with Crippen LogP contribution in [0.25, 0.3) is 0 Å². The van der Waals surface area contributed by atoms with Crippen molar-refractivity contribution in [2.24, 2.45) is 11.7 Å². The van der Waals surface area contributed by atoms with Crippen molar-refractivity contribution in [2.75, 3.05) is 0 Å². The van der Waals surface area contributed by atoms with E-state index in [1.165, 1.54) is 4.88 Å². The highest BCUT2D eigenvalue weighted by atomic mass is 32.1. The van der Waals surface area contributed by atoms with E-state index in [1.807, 2.05) is 27.2 Å². The van der Waals surface area contributed by atoms with Crippen LogP contribution in [0.3, 0.4) is 0 Å². The fourth-order valence-corrected chi connectivity index (χ4v) is 1.85. The molecule has 0 aliphatic rings. The van der Waals surface area contributed by atoms with Gasteiger partial charge in [-0.3, -0.25) is 4.79 Å². The van der Waals surface area contributed by atoms with Gasteiger partial charge >= 0.3 is 0 Å². The summed E-state index contributed by atoms with van der Waals surface area (Å²) in [6.07, 6.45) is 2.64. The molecule has 0 bridgehead atoms. The SMILES string of the molecule is Cc1nc([CH]CC(C)C(N)=O)sc1C. The molecule has 0 spiro atoms. The number of hydrogen-bond donors (Lipinski definition) is 1. The van der Waals surface area contributed by atoms with Gasteiger partial charge in [0.25, 0.3) is 0 Å². The van der Waals surface area contributed by atoms with Crippen molar-refractivity contribution in [1.29, 1.82) is 0 Å². The molecule has 0 aromatic carbocycles. The van der Waals surface area contributed by atoms with Gasteiger partial charge in [-0.15, -0.1) is 11.3 Å². The number of amides is 1. The second kappa shape index (κ2) is 4.55. The van der Waals surface area contributed by atoms with Crippen LogP contribution in [-0.2, 0) is 4.79 Å². The van der Waals surface area contributed by atoms with Crippen molar-refractivity contribution in [3.8, 4) is 0 Å². The number of aromatic nitrogens is 1. The normalized spacial score (nSPS) is 12.8. The lowest BCUT2D eigenvalue weighted by Crippen LogP contribution is -2.20. The van der Waals surface area contributed by atoms with Crippen molar-refractivity contribution < 1.29 is 4.79 Å². The van der Waals surface area contributed by atoms with Gasteiger partial charge in [0, 0.05) is 17.2 Å². The summed E-state index contributed by atoms with van der Waals surface area (Å²) in [4.78, 5) is 16.4. The third kappa shape index (κ3) is 2.80. The molecular formula is C10H15N2OS. The maximum atomic E-state index is 10.8. The summed E-state index contributed by atoms with van der Waals surface area (Å²) in [7, 11) is 0. The highest BCUT2D eigenvalue weighted by Crippen LogP contribution is 2.20. The van der Waals surface area contributed by atoms with E-state index in [1.54, 1.807) is 11.3 Å². The fraction of sp³-hybridized carbons (Fsp3) is 0.500. The standard InChI is InChI=1S/C10H15N2OS/c1-6(10(11)13)4-5-9-12-7(2)8(3)14-9/h5-6H,4H2,1-3H3,(H2,11,13). The van der Waals surface area contributed by atoms with E-state index in [4.69, 9.17) is 5.73 Å². The topological polar surface area (TPSA) is 56.0 Å². The Labute approximate surface area is 88.3 Å². The Morgan fingerprint density at radius 2 is 2.29 bits per heavy atom. The third-order valence-electron chi connectivity index (χ3n) is 2.18. The van der Waals surface area contributed by atoms with E-state index < -0.39 is 0 Å². The molecule has 0 aliphatic heterocycles. The molecular weight excluding hydrogens is 196 g/mol. The van der Waals surface area contributed by atoms with Gasteiger partial charge in [-0.2, -0.15) is 0 Å². The molecule has 3 nitrogen and oxygen atoms in total. The molecule has 1 unspecified atom stereocenters. The summed E-state index contributed by atoms with van der Waals surface area (Å²) in [5.74, 6) is -0.370. The first-order valence-electron chi connectivity index (χ1n) is 4.57. The van der Waals surface area contributed by atoms with E-state index >= 15 is 0 Å². The lowest BCUT2D eigenvalue weighted by Gasteiger charge is -2.03. The van der Waals surface area contributed by atoms with Gasteiger partial charge in [0.1, 0.15) is 0 Å². The molecule has 2 N–H and O–H groups in total. The van der Waals surface area contributed by atoms with Gasteiger partial charge in [0.2, 0.25) is 5.91 Å². The largest absolute Gasteiger partial charge is 0.369 e. The Bertz CT molecular complexity index is 313. The van der Waals surface area contributed by atoms with Crippen LogP contribution in [0.5, 0.6) is 0 Å². The predicted molar refractivity (Wildman–Crippen MR) is 58.0 cm³/mol. The number of rotatable bonds is 4. The number of thiazole rings is 1. The second-order valence-electron chi connectivity index (χ2n) is 3.44. The van der Waals surface area contributed by atoms with Crippen molar-refractivity contribution in [2.45, 2.75) is 27.2 Å². The second-order valence-corrected chi connectivity index (χ2v) is 4.67. The molecule has 77 valence electrons. The zero-order valence-corrected chi connectivity index (χ0v) is 9.52. The molecule has 1 aromatic heterocycles. The van der Waals surface area contributed by atoms with Crippen molar-refractivity contribution in [1.82, 2.24) is 4.98 Å². The summed E-state index contributed by atoms with van der Waals surface area (Å²) in [5, 5.41) is 0.980. The predicted octanol–water partition coefficient (Wildman–Crippen LogP) is 1.82. The van der Waals surface area contributed by atoms with E-state index in [-0.39, 0.29) is 11.8 Å². The monoisotopic (exact) mass is 211 g/mol. The minimum Gasteiger partial charge on any atom is -0.369 e. The molecule has 14 heavy (non-hydrogen) atoms. The average molecular weight is 211 g/mol. The molecule has 1 atom stereocenters. The first kappa shape index (κ1) is 11.2. The van der Waals surface area contributed by atoms with Crippen LogP contribution in [0.15, 0.2) is 0 Å². The van der Waals surface area contributed by atoms with Crippen LogP contribution < -0.4 is 5.73 Å². The van der Waals surface area contributed by atoms with Gasteiger partial charge in [-0.25, -0.2) is 4.98 Å². The summed E-state index contributed by atoms with van der Waals surface area (Å²) >= 11 is 1.65. The molecule has 1 radical (unpaired) electrons. The Balaban J connectivity index is 2.50. The smallest absolute Gasteiger partial charge is 0.220 e. The van der Waals surface area contributed by atoms with Gasteiger partial charge < -0.3 is 5.73 Å². The molecule has 1 aromatic rings. The van der Waals surface area contributed by atoms with Crippen molar-refractivity contribution >= 4 is 17.2 Å². The minimum absolute atomic E-state index is 0.112. The number of carbonyl (C=O) groups is 1. The lowest BCUT2D eigenvalue weighted by molar-refractivity contribution is -0.121. The van der Waals surface area contributed by atoms with E-state index in [9.17, 15) is 4.79 Å². The highest BCUT2D eigenvalue weighted by molar-refractivity contribution is 7.11. The lowest BCUT2D eigenvalue weighted by atomic mass is 10.1. The summed E-state index contributed by atoms with van der Waals surface area (Å²) < 4.78 is 0. The van der Waals surface area contributed by atoms with Crippen LogP contribution in [0.1, 0.15) is 28.9 Å². The van der Waals surface area contributed by atoms with E-state index in [0.717, 1.165) is 10.7 Å². The Hall–Kier alpha value is -0.900. The van der Waals surface area contributed by atoms with Crippen LogP contribution in [-0.4, -0.2) is 10.9 Å². The van der Waals surface area contributed by atoms with E-state index in [0.29, 0.717) is 6.42 Å². The van der Waals surface area contributed by atoms with Gasteiger partial charge in [0.05, 0.1) is 10.7 Å². The average Bonchev–Trinajstić information content (AvgIpc) is 2.42.